The lowest BCUT2D eigenvalue weighted by Crippen LogP contribution is -2.21. The summed E-state index contributed by atoms with van der Waals surface area (Å²) in [5.41, 5.74) is 0.454. The molecule has 0 saturated carbocycles. The van der Waals surface area contributed by atoms with E-state index in [1.165, 1.54) is 0 Å². The lowest BCUT2D eigenvalue weighted by Gasteiger charge is -2.05. The maximum absolute atomic E-state index is 9.11. The first-order valence-corrected chi connectivity index (χ1v) is 3.05. The second-order valence-electron chi connectivity index (χ2n) is 2.29. The molecule has 1 saturated heterocycles. The van der Waals surface area contributed by atoms with E-state index in [0.717, 1.165) is 0 Å². The third-order valence-corrected chi connectivity index (χ3v) is 1.59. The van der Waals surface area contributed by atoms with E-state index < -0.39 is 18.2 Å². The number of aliphatic hydroxyl groups is 2. The molecule has 54 valence electrons. The number of hydrogen-bond acceptors (Lipinski definition) is 3. The summed E-state index contributed by atoms with van der Waals surface area (Å²) >= 11 is 0. The van der Waals surface area contributed by atoms with Gasteiger partial charge in [-0.1, -0.05) is 6.58 Å². The summed E-state index contributed by atoms with van der Waals surface area (Å²) in [7, 11) is 5.29. The van der Waals surface area contributed by atoms with Gasteiger partial charge in [0.2, 0.25) is 0 Å². The lowest BCUT2D eigenvalue weighted by molar-refractivity contribution is 0.0336. The molecule has 2 radical (unpaired) electrons. The maximum atomic E-state index is 9.11. The van der Waals surface area contributed by atoms with E-state index in [4.69, 9.17) is 22.8 Å². The van der Waals surface area contributed by atoms with Crippen molar-refractivity contribution in [3.63, 3.8) is 0 Å². The highest BCUT2D eigenvalue weighted by Gasteiger charge is 2.33. The minimum absolute atomic E-state index is 0.177. The largest absolute Gasteiger partial charge is 0.393 e. The highest BCUT2D eigenvalue weighted by molar-refractivity contribution is 6.12. The van der Waals surface area contributed by atoms with Crippen LogP contribution in [0.15, 0.2) is 12.2 Å². The monoisotopic (exact) mass is 140 g/mol. The number of ether oxygens (including phenoxy) is 1. The maximum Gasteiger partial charge on any atom is 0.113 e. The Morgan fingerprint density at radius 3 is 2.50 bits per heavy atom. The molecule has 3 nitrogen and oxygen atoms in total. The van der Waals surface area contributed by atoms with Crippen molar-refractivity contribution >= 4 is 7.85 Å². The van der Waals surface area contributed by atoms with E-state index in [0.29, 0.717) is 5.57 Å². The van der Waals surface area contributed by atoms with Gasteiger partial charge in [-0.3, -0.25) is 0 Å². The first-order chi connectivity index (χ1) is 4.66. The molecule has 1 aliphatic heterocycles. The Hall–Kier alpha value is -0.315. The Bertz CT molecular complexity index is 148. The van der Waals surface area contributed by atoms with E-state index in [2.05, 4.69) is 6.58 Å². The fraction of sp³-hybridized carbons (Fsp3) is 0.667. The molecule has 0 aromatic heterocycles. The summed E-state index contributed by atoms with van der Waals surface area (Å²) in [6.45, 7) is 3.35. The molecular formula is C6H9BO3. The molecule has 1 fully saturated rings. The highest BCUT2D eigenvalue weighted by atomic mass is 16.5. The Morgan fingerprint density at radius 1 is 1.70 bits per heavy atom. The van der Waals surface area contributed by atoms with Crippen LogP contribution in [0.3, 0.4) is 0 Å². The van der Waals surface area contributed by atoms with Gasteiger partial charge >= 0.3 is 0 Å². The van der Waals surface area contributed by atoms with Crippen molar-refractivity contribution < 1.29 is 14.9 Å². The van der Waals surface area contributed by atoms with Crippen molar-refractivity contribution in [1.29, 1.82) is 0 Å². The van der Waals surface area contributed by atoms with Crippen molar-refractivity contribution in [2.75, 3.05) is 6.61 Å². The number of hydrogen-bond donors (Lipinski definition) is 2. The van der Waals surface area contributed by atoms with Gasteiger partial charge in [0.15, 0.2) is 0 Å². The van der Waals surface area contributed by atoms with Crippen LogP contribution in [0.5, 0.6) is 0 Å². The molecule has 10 heavy (non-hydrogen) atoms. The Morgan fingerprint density at radius 2 is 2.30 bits per heavy atom. The number of rotatable bonds is 1. The van der Waals surface area contributed by atoms with Crippen LogP contribution in [-0.2, 0) is 4.74 Å². The van der Waals surface area contributed by atoms with E-state index in [9.17, 15) is 0 Å². The van der Waals surface area contributed by atoms with Gasteiger partial charge in [-0.15, -0.1) is 0 Å². The van der Waals surface area contributed by atoms with Crippen molar-refractivity contribution in [1.82, 2.24) is 0 Å². The van der Waals surface area contributed by atoms with Crippen LogP contribution >= 0.6 is 0 Å². The first kappa shape index (κ1) is 7.79. The molecule has 0 spiro atoms. The molecule has 3 atom stereocenters. The van der Waals surface area contributed by atoms with Crippen LogP contribution in [-0.4, -0.2) is 42.9 Å². The fourth-order valence-corrected chi connectivity index (χ4v) is 0.913. The average molecular weight is 140 g/mol. The molecule has 0 aromatic carbocycles. The summed E-state index contributed by atoms with van der Waals surface area (Å²) < 4.78 is 4.91. The van der Waals surface area contributed by atoms with Gasteiger partial charge in [-0.25, -0.2) is 0 Å². The van der Waals surface area contributed by atoms with Crippen molar-refractivity contribution in [3.8, 4) is 0 Å². The number of aliphatic hydroxyl groups excluding tert-OH is 2. The minimum atomic E-state index is -0.836. The Labute approximate surface area is 60.7 Å². The molecule has 1 heterocycles. The molecule has 1 rings (SSSR count). The van der Waals surface area contributed by atoms with Gasteiger partial charge < -0.3 is 14.9 Å². The molecule has 2 N–H and O–H groups in total. The summed E-state index contributed by atoms with van der Waals surface area (Å²) in [6, 6.07) is -0.732. The quantitative estimate of drug-likeness (QED) is 0.355. The molecular weight excluding hydrogens is 131 g/mol. The standard InChI is InChI=1S/C6H9BO3/c1-3-4(2-8)10-6(7)5(3)9/h4-6,8-9H,1-2H2/t4-,5+,6-/m0/s1. The van der Waals surface area contributed by atoms with Crippen molar-refractivity contribution in [2.24, 2.45) is 0 Å². The van der Waals surface area contributed by atoms with Crippen LogP contribution in [0.2, 0.25) is 0 Å². The first-order valence-electron chi connectivity index (χ1n) is 3.05. The van der Waals surface area contributed by atoms with Gasteiger partial charge in [0.25, 0.3) is 0 Å². The molecule has 4 heteroatoms. The smallest absolute Gasteiger partial charge is 0.113 e. The summed E-state index contributed by atoms with van der Waals surface area (Å²) in [5.74, 6) is 0. The highest BCUT2D eigenvalue weighted by Crippen LogP contribution is 2.22. The van der Waals surface area contributed by atoms with Gasteiger partial charge in [0.05, 0.1) is 12.7 Å². The van der Waals surface area contributed by atoms with E-state index in [1.807, 2.05) is 0 Å². The van der Waals surface area contributed by atoms with Crippen LogP contribution in [0.25, 0.3) is 0 Å². The molecule has 0 amide bonds. The minimum Gasteiger partial charge on any atom is -0.393 e. The molecule has 1 aliphatic rings. The zero-order valence-electron chi connectivity index (χ0n) is 5.53. The fourth-order valence-electron chi connectivity index (χ4n) is 0.913. The predicted molar refractivity (Wildman–Crippen MR) is 36.6 cm³/mol. The lowest BCUT2D eigenvalue weighted by atomic mass is 9.92. The van der Waals surface area contributed by atoms with Crippen molar-refractivity contribution in [2.45, 2.75) is 18.2 Å². The second kappa shape index (κ2) is 2.74. The summed E-state index contributed by atoms with van der Waals surface area (Å²) in [6.07, 6.45) is -1.33. The molecule has 0 aromatic rings. The van der Waals surface area contributed by atoms with Crippen molar-refractivity contribution in [3.05, 3.63) is 12.2 Å². The third-order valence-electron chi connectivity index (χ3n) is 1.59. The van der Waals surface area contributed by atoms with Crippen LogP contribution < -0.4 is 0 Å². The summed E-state index contributed by atoms with van der Waals surface area (Å²) in [4.78, 5) is 0. The zero-order chi connectivity index (χ0) is 7.72. The average Bonchev–Trinajstić information content (AvgIpc) is 2.17. The molecule has 0 unspecified atom stereocenters. The molecule has 0 bridgehead atoms. The van der Waals surface area contributed by atoms with Crippen LogP contribution in [0.4, 0.5) is 0 Å². The van der Waals surface area contributed by atoms with E-state index >= 15 is 0 Å². The van der Waals surface area contributed by atoms with Crippen LogP contribution in [0, 0.1) is 0 Å². The van der Waals surface area contributed by atoms with E-state index in [1.54, 1.807) is 0 Å². The van der Waals surface area contributed by atoms with Gasteiger partial charge in [-0.2, -0.15) is 0 Å². The SMILES string of the molecule is [B][C@H]1O[C@@H](CO)C(=C)[C@H]1O. The van der Waals surface area contributed by atoms with Gasteiger partial charge in [0, 0.05) is 6.00 Å². The zero-order valence-corrected chi connectivity index (χ0v) is 5.53. The normalized spacial score (nSPS) is 40.6. The van der Waals surface area contributed by atoms with Gasteiger partial charge in [-0.05, 0) is 5.57 Å². The summed E-state index contributed by atoms with van der Waals surface area (Å²) in [5, 5.41) is 17.7. The van der Waals surface area contributed by atoms with E-state index in [-0.39, 0.29) is 6.61 Å². The predicted octanol–water partition coefficient (Wildman–Crippen LogP) is -1.21. The Kier molecular flexibility index (Phi) is 2.13. The molecule has 0 aliphatic carbocycles. The second-order valence-corrected chi connectivity index (χ2v) is 2.29. The van der Waals surface area contributed by atoms with Gasteiger partial charge in [0.1, 0.15) is 14.0 Å². The third kappa shape index (κ3) is 1.10. The topological polar surface area (TPSA) is 49.7 Å². The van der Waals surface area contributed by atoms with Crippen LogP contribution in [0.1, 0.15) is 0 Å². The Balaban J connectivity index is 2.62.